The topological polar surface area (TPSA) is 69.6 Å². The molecule has 0 fully saturated rings. The Morgan fingerprint density at radius 2 is 0.722 bits per heavy atom. The Hall–Kier alpha value is -1.13. The molecule has 0 aromatic carbocycles. The maximum Gasteiger partial charge on any atom is 0.220 e. The van der Waals surface area contributed by atoms with Gasteiger partial charge in [0.15, 0.2) is 0 Å². The zero-order valence-electron chi connectivity index (χ0n) is 36.8. The molecule has 0 saturated carbocycles. The highest BCUT2D eigenvalue weighted by atomic mass is 16.3. The molecule has 2 unspecified atom stereocenters. The van der Waals surface area contributed by atoms with Gasteiger partial charge in [-0.05, 0) is 32.1 Å². The van der Waals surface area contributed by atoms with E-state index < -0.39 is 12.1 Å². The van der Waals surface area contributed by atoms with Gasteiger partial charge < -0.3 is 15.5 Å². The molecule has 0 aliphatic heterocycles. The molecule has 0 heterocycles. The summed E-state index contributed by atoms with van der Waals surface area (Å²) in [6, 6.07) is -0.634. The number of carbonyl (C=O) groups excluding carboxylic acids is 1. The Morgan fingerprint density at radius 1 is 0.426 bits per heavy atom. The molecule has 0 saturated heterocycles. The smallest absolute Gasteiger partial charge is 0.220 e. The first-order chi connectivity index (χ1) is 26.7. The standard InChI is InChI=1S/C50H97NO3/c1-3-5-7-9-11-13-15-17-19-20-21-22-23-24-25-26-27-28-29-30-31-32-33-35-37-39-41-43-45-49(53)48(47-52)51-50(54)46-44-42-40-38-36-34-18-16-14-12-10-8-6-4-2/h35,37,43,45,48-49,52-53H,3-34,36,38-42,44,46-47H2,1-2H3,(H,51,54)/b37-35+,45-43+. The maximum absolute atomic E-state index is 12.4. The van der Waals surface area contributed by atoms with E-state index in [9.17, 15) is 15.0 Å². The molecule has 2 atom stereocenters. The van der Waals surface area contributed by atoms with E-state index in [-0.39, 0.29) is 12.5 Å². The van der Waals surface area contributed by atoms with Gasteiger partial charge in [0.25, 0.3) is 0 Å². The molecule has 0 aromatic rings. The molecular weight excluding hydrogens is 663 g/mol. The molecule has 3 N–H and O–H groups in total. The van der Waals surface area contributed by atoms with Crippen LogP contribution in [0.2, 0.25) is 0 Å². The van der Waals surface area contributed by atoms with Crippen LogP contribution in [0.25, 0.3) is 0 Å². The van der Waals surface area contributed by atoms with Crippen molar-refractivity contribution in [1.29, 1.82) is 0 Å². The first-order valence-electron chi connectivity index (χ1n) is 24.6. The fourth-order valence-electron chi connectivity index (χ4n) is 7.67. The van der Waals surface area contributed by atoms with Crippen LogP contribution in [0.1, 0.15) is 271 Å². The normalized spacial score (nSPS) is 13.0. The molecule has 1 amide bonds. The van der Waals surface area contributed by atoms with Gasteiger partial charge in [0, 0.05) is 6.42 Å². The number of nitrogens with one attached hydrogen (secondary N) is 1. The average molecular weight is 760 g/mol. The minimum atomic E-state index is -0.858. The minimum Gasteiger partial charge on any atom is -0.394 e. The number of aliphatic hydroxyl groups is 2. The Morgan fingerprint density at radius 3 is 1.07 bits per heavy atom. The molecule has 0 aromatic heterocycles. The van der Waals surface area contributed by atoms with Gasteiger partial charge >= 0.3 is 0 Å². The van der Waals surface area contributed by atoms with E-state index in [0.717, 1.165) is 32.1 Å². The summed E-state index contributed by atoms with van der Waals surface area (Å²) in [6.07, 6.45) is 60.3. The second-order valence-electron chi connectivity index (χ2n) is 16.9. The molecule has 0 rings (SSSR count). The summed E-state index contributed by atoms with van der Waals surface area (Å²) in [6.45, 7) is 4.32. The minimum absolute atomic E-state index is 0.0706. The summed E-state index contributed by atoms with van der Waals surface area (Å²) >= 11 is 0. The molecule has 0 bridgehead atoms. The van der Waals surface area contributed by atoms with Crippen LogP contribution in [-0.2, 0) is 4.79 Å². The molecule has 54 heavy (non-hydrogen) atoms. The summed E-state index contributed by atoms with van der Waals surface area (Å²) in [5, 5.41) is 23.0. The van der Waals surface area contributed by atoms with Crippen molar-refractivity contribution < 1.29 is 15.0 Å². The number of hydrogen-bond donors (Lipinski definition) is 3. The van der Waals surface area contributed by atoms with E-state index in [2.05, 4.69) is 31.3 Å². The van der Waals surface area contributed by atoms with Crippen molar-refractivity contribution in [3.05, 3.63) is 24.3 Å². The summed E-state index contributed by atoms with van der Waals surface area (Å²) in [7, 11) is 0. The predicted molar refractivity (Wildman–Crippen MR) is 239 cm³/mol. The predicted octanol–water partition coefficient (Wildman–Crippen LogP) is 15.6. The van der Waals surface area contributed by atoms with Crippen molar-refractivity contribution in [3.8, 4) is 0 Å². The van der Waals surface area contributed by atoms with E-state index >= 15 is 0 Å². The van der Waals surface area contributed by atoms with Gasteiger partial charge in [0.2, 0.25) is 5.91 Å². The molecule has 0 aliphatic rings. The number of hydrogen-bond acceptors (Lipinski definition) is 3. The Balaban J connectivity index is 3.51. The van der Waals surface area contributed by atoms with Crippen LogP contribution >= 0.6 is 0 Å². The lowest BCUT2D eigenvalue weighted by molar-refractivity contribution is -0.123. The molecule has 0 radical (unpaired) electrons. The lowest BCUT2D eigenvalue weighted by atomic mass is 10.0. The molecule has 0 spiro atoms. The number of amides is 1. The molecule has 320 valence electrons. The summed E-state index contributed by atoms with van der Waals surface area (Å²) in [5.41, 5.74) is 0. The lowest BCUT2D eigenvalue weighted by Gasteiger charge is -2.19. The number of carbonyl (C=O) groups is 1. The third-order valence-corrected chi connectivity index (χ3v) is 11.4. The Labute approximate surface area is 339 Å². The van der Waals surface area contributed by atoms with Crippen molar-refractivity contribution >= 4 is 5.91 Å². The van der Waals surface area contributed by atoms with Crippen LogP contribution in [0.15, 0.2) is 24.3 Å². The maximum atomic E-state index is 12.4. The van der Waals surface area contributed by atoms with Gasteiger partial charge in [-0.3, -0.25) is 4.79 Å². The van der Waals surface area contributed by atoms with Crippen molar-refractivity contribution in [2.45, 2.75) is 283 Å². The zero-order valence-corrected chi connectivity index (χ0v) is 36.8. The van der Waals surface area contributed by atoms with Gasteiger partial charge in [-0.1, -0.05) is 256 Å². The first kappa shape index (κ1) is 52.9. The van der Waals surface area contributed by atoms with Crippen LogP contribution in [-0.4, -0.2) is 34.9 Å². The van der Waals surface area contributed by atoms with E-state index in [0.29, 0.717) is 6.42 Å². The first-order valence-corrected chi connectivity index (χ1v) is 24.6. The van der Waals surface area contributed by atoms with E-state index in [1.54, 1.807) is 6.08 Å². The van der Waals surface area contributed by atoms with Gasteiger partial charge in [-0.25, -0.2) is 0 Å². The largest absolute Gasteiger partial charge is 0.394 e. The molecule has 4 heteroatoms. The molecular formula is C50H97NO3. The summed E-state index contributed by atoms with van der Waals surface area (Å²) in [4.78, 5) is 12.4. The van der Waals surface area contributed by atoms with Crippen molar-refractivity contribution in [2.24, 2.45) is 0 Å². The highest BCUT2D eigenvalue weighted by Crippen LogP contribution is 2.16. The second-order valence-corrected chi connectivity index (χ2v) is 16.9. The van der Waals surface area contributed by atoms with Crippen LogP contribution in [0.4, 0.5) is 0 Å². The number of unbranched alkanes of at least 4 members (excludes halogenated alkanes) is 36. The van der Waals surface area contributed by atoms with Gasteiger partial charge in [-0.2, -0.15) is 0 Å². The van der Waals surface area contributed by atoms with E-state index in [1.165, 1.54) is 218 Å². The van der Waals surface area contributed by atoms with Gasteiger partial charge in [0.05, 0.1) is 18.8 Å². The van der Waals surface area contributed by atoms with E-state index in [1.807, 2.05) is 6.08 Å². The van der Waals surface area contributed by atoms with Crippen molar-refractivity contribution in [1.82, 2.24) is 5.32 Å². The highest BCUT2D eigenvalue weighted by molar-refractivity contribution is 5.76. The fraction of sp³-hybridized carbons (Fsp3) is 0.900. The second kappa shape index (κ2) is 46.3. The average Bonchev–Trinajstić information content (AvgIpc) is 3.18. The highest BCUT2D eigenvalue weighted by Gasteiger charge is 2.17. The lowest BCUT2D eigenvalue weighted by Crippen LogP contribution is -2.45. The summed E-state index contributed by atoms with van der Waals surface area (Å²) in [5.74, 6) is -0.0706. The monoisotopic (exact) mass is 760 g/mol. The fourth-order valence-corrected chi connectivity index (χ4v) is 7.67. The van der Waals surface area contributed by atoms with Crippen LogP contribution in [0, 0.1) is 0 Å². The Kier molecular flexibility index (Phi) is 45.3. The number of rotatable bonds is 45. The molecule has 4 nitrogen and oxygen atoms in total. The van der Waals surface area contributed by atoms with Gasteiger partial charge in [0.1, 0.15) is 0 Å². The quantitative estimate of drug-likeness (QED) is 0.0428. The number of aliphatic hydroxyl groups excluding tert-OH is 2. The SMILES string of the molecule is CCCCCCCCCCCCCCCCCCCCCCCC/C=C/CC/C=C/C(O)C(CO)NC(=O)CCCCCCCCCCCCCCCC. The summed E-state index contributed by atoms with van der Waals surface area (Å²) < 4.78 is 0. The zero-order chi connectivity index (χ0) is 39.3. The third-order valence-electron chi connectivity index (χ3n) is 11.4. The molecule has 0 aliphatic carbocycles. The number of allylic oxidation sites excluding steroid dienone is 3. The third kappa shape index (κ3) is 42.0. The van der Waals surface area contributed by atoms with Crippen molar-refractivity contribution in [2.75, 3.05) is 6.61 Å². The van der Waals surface area contributed by atoms with Crippen molar-refractivity contribution in [3.63, 3.8) is 0 Å². The van der Waals surface area contributed by atoms with Crippen LogP contribution < -0.4 is 5.32 Å². The Bertz CT molecular complexity index is 780. The van der Waals surface area contributed by atoms with Crippen LogP contribution in [0.5, 0.6) is 0 Å². The van der Waals surface area contributed by atoms with E-state index in [4.69, 9.17) is 0 Å². The van der Waals surface area contributed by atoms with Gasteiger partial charge in [-0.15, -0.1) is 0 Å². The van der Waals surface area contributed by atoms with Crippen LogP contribution in [0.3, 0.4) is 0 Å².